The molecule has 1 aromatic rings. The highest BCUT2D eigenvalue weighted by Crippen LogP contribution is 2.22. The molecule has 0 radical (unpaired) electrons. The monoisotopic (exact) mass is 304 g/mol. The lowest BCUT2D eigenvalue weighted by Crippen LogP contribution is -3.16. The summed E-state index contributed by atoms with van der Waals surface area (Å²) in [5, 5.41) is 0. The molecule has 1 aliphatic rings. The van der Waals surface area contributed by atoms with Crippen LogP contribution in [0.5, 0.6) is 0 Å². The van der Waals surface area contributed by atoms with Crippen LogP contribution in [0.15, 0.2) is 24.3 Å². The number of ether oxygens (including phenoxy) is 1. The molecular formula is C20H34NO+. The van der Waals surface area contributed by atoms with E-state index in [1.54, 1.807) is 4.90 Å². The Morgan fingerprint density at radius 3 is 2.14 bits per heavy atom. The van der Waals surface area contributed by atoms with Gasteiger partial charge in [-0.25, -0.2) is 0 Å². The topological polar surface area (TPSA) is 13.7 Å². The molecule has 0 spiro atoms. The minimum absolute atomic E-state index is 0.244. The van der Waals surface area contributed by atoms with Gasteiger partial charge in [0.2, 0.25) is 0 Å². The number of morpholine rings is 1. The average molecular weight is 304 g/mol. The first-order chi connectivity index (χ1) is 10.2. The predicted molar refractivity (Wildman–Crippen MR) is 93.6 cm³/mol. The molecule has 0 saturated carbocycles. The summed E-state index contributed by atoms with van der Waals surface area (Å²) in [6.07, 6.45) is 1.98. The van der Waals surface area contributed by atoms with Crippen molar-refractivity contribution in [3.8, 4) is 0 Å². The van der Waals surface area contributed by atoms with Crippen molar-refractivity contribution >= 4 is 0 Å². The summed E-state index contributed by atoms with van der Waals surface area (Å²) in [5.41, 5.74) is 3.13. The lowest BCUT2D eigenvalue weighted by Gasteiger charge is -2.33. The van der Waals surface area contributed by atoms with Gasteiger partial charge in [0.05, 0.1) is 6.54 Å². The van der Waals surface area contributed by atoms with Crippen molar-refractivity contribution in [2.24, 2.45) is 5.92 Å². The Balaban J connectivity index is 1.87. The second-order valence-corrected chi connectivity index (χ2v) is 8.38. The fraction of sp³-hybridized carbons (Fsp3) is 0.700. The summed E-state index contributed by atoms with van der Waals surface area (Å²) in [6, 6.07) is 9.23. The quantitative estimate of drug-likeness (QED) is 0.903. The summed E-state index contributed by atoms with van der Waals surface area (Å²) in [6.45, 7) is 17.2. The van der Waals surface area contributed by atoms with Crippen LogP contribution in [0.25, 0.3) is 0 Å². The Hall–Kier alpha value is -0.860. The van der Waals surface area contributed by atoms with Crippen molar-refractivity contribution in [2.45, 2.75) is 65.6 Å². The van der Waals surface area contributed by atoms with Crippen LogP contribution in [0.4, 0.5) is 0 Å². The van der Waals surface area contributed by atoms with Crippen LogP contribution in [0, 0.1) is 5.92 Å². The molecule has 1 saturated heterocycles. The van der Waals surface area contributed by atoms with Crippen molar-refractivity contribution in [1.29, 1.82) is 0 Å². The SMILES string of the molecule is CC(Cc1ccc(C(C)(C)C)cc1)C[NH+]1C[C@@H](C)O[C@@H](C)C1. The van der Waals surface area contributed by atoms with E-state index in [0.29, 0.717) is 18.1 Å². The summed E-state index contributed by atoms with van der Waals surface area (Å²) in [7, 11) is 0. The van der Waals surface area contributed by atoms with E-state index < -0.39 is 0 Å². The summed E-state index contributed by atoms with van der Waals surface area (Å²) in [4.78, 5) is 1.70. The summed E-state index contributed by atoms with van der Waals surface area (Å²) >= 11 is 0. The maximum atomic E-state index is 5.84. The second kappa shape index (κ2) is 7.14. The number of hydrogen-bond acceptors (Lipinski definition) is 1. The smallest absolute Gasteiger partial charge is 0.104 e. The van der Waals surface area contributed by atoms with Gasteiger partial charge in [0.15, 0.2) is 0 Å². The van der Waals surface area contributed by atoms with Crippen LogP contribution in [-0.2, 0) is 16.6 Å². The molecule has 2 unspecified atom stereocenters. The average Bonchev–Trinajstić information content (AvgIpc) is 2.36. The molecule has 1 aromatic carbocycles. The molecule has 2 nitrogen and oxygen atoms in total. The molecule has 1 fully saturated rings. The number of rotatable bonds is 4. The minimum atomic E-state index is 0.244. The zero-order chi connectivity index (χ0) is 16.3. The Morgan fingerprint density at radius 1 is 1.09 bits per heavy atom. The van der Waals surface area contributed by atoms with Crippen LogP contribution in [-0.4, -0.2) is 31.8 Å². The van der Waals surface area contributed by atoms with Gasteiger partial charge in [-0.2, -0.15) is 0 Å². The number of benzene rings is 1. The zero-order valence-electron chi connectivity index (χ0n) is 15.3. The normalized spacial score (nSPS) is 27.6. The summed E-state index contributed by atoms with van der Waals surface area (Å²) in [5.74, 6) is 0.716. The van der Waals surface area contributed by atoms with Gasteiger partial charge in [-0.1, -0.05) is 52.0 Å². The molecule has 0 aliphatic carbocycles. The predicted octanol–water partition coefficient (Wildman–Crippen LogP) is 2.85. The van der Waals surface area contributed by atoms with Gasteiger partial charge in [0.1, 0.15) is 25.3 Å². The summed E-state index contributed by atoms with van der Waals surface area (Å²) < 4.78 is 5.84. The molecule has 124 valence electrons. The first kappa shape index (κ1) is 17.5. The highest BCUT2D eigenvalue weighted by Gasteiger charge is 2.26. The molecule has 2 heteroatoms. The number of hydrogen-bond donors (Lipinski definition) is 1. The van der Waals surface area contributed by atoms with Crippen molar-refractivity contribution in [3.05, 3.63) is 35.4 Å². The Bertz CT molecular complexity index is 450. The van der Waals surface area contributed by atoms with Crippen molar-refractivity contribution in [1.82, 2.24) is 0 Å². The van der Waals surface area contributed by atoms with Gasteiger partial charge in [-0.3, -0.25) is 0 Å². The molecule has 1 aliphatic heterocycles. The fourth-order valence-electron chi connectivity index (χ4n) is 3.66. The Kier molecular flexibility index (Phi) is 5.68. The lowest BCUT2D eigenvalue weighted by atomic mass is 9.86. The van der Waals surface area contributed by atoms with Gasteiger partial charge in [-0.15, -0.1) is 0 Å². The first-order valence-electron chi connectivity index (χ1n) is 8.82. The van der Waals surface area contributed by atoms with Crippen molar-refractivity contribution in [3.63, 3.8) is 0 Å². The third kappa shape index (κ3) is 5.10. The number of nitrogens with one attached hydrogen (secondary N) is 1. The highest BCUT2D eigenvalue weighted by atomic mass is 16.5. The third-order valence-electron chi connectivity index (χ3n) is 4.66. The van der Waals surface area contributed by atoms with E-state index in [4.69, 9.17) is 4.74 Å². The molecule has 1 heterocycles. The maximum absolute atomic E-state index is 5.84. The van der Waals surface area contributed by atoms with Crippen molar-refractivity contribution in [2.75, 3.05) is 19.6 Å². The van der Waals surface area contributed by atoms with E-state index in [2.05, 4.69) is 65.8 Å². The second-order valence-electron chi connectivity index (χ2n) is 8.38. The molecule has 0 aromatic heterocycles. The zero-order valence-corrected chi connectivity index (χ0v) is 15.3. The highest BCUT2D eigenvalue weighted by molar-refractivity contribution is 5.27. The molecule has 1 N–H and O–H groups in total. The minimum Gasteiger partial charge on any atom is -0.364 e. The molecule has 22 heavy (non-hydrogen) atoms. The van der Waals surface area contributed by atoms with E-state index in [1.807, 2.05) is 0 Å². The number of quaternary nitrogens is 1. The Morgan fingerprint density at radius 2 is 1.64 bits per heavy atom. The van der Waals surface area contributed by atoms with Gasteiger partial charge in [-0.05, 0) is 36.8 Å². The maximum Gasteiger partial charge on any atom is 0.104 e. The fourth-order valence-corrected chi connectivity index (χ4v) is 3.66. The van der Waals surface area contributed by atoms with Gasteiger partial charge in [0, 0.05) is 5.92 Å². The molecule has 0 bridgehead atoms. The van der Waals surface area contributed by atoms with Crippen LogP contribution < -0.4 is 4.90 Å². The van der Waals surface area contributed by atoms with E-state index in [1.165, 1.54) is 24.1 Å². The van der Waals surface area contributed by atoms with E-state index in [-0.39, 0.29) is 5.41 Å². The van der Waals surface area contributed by atoms with E-state index >= 15 is 0 Å². The van der Waals surface area contributed by atoms with Gasteiger partial charge >= 0.3 is 0 Å². The lowest BCUT2D eigenvalue weighted by molar-refractivity contribution is -0.918. The molecule has 2 rings (SSSR count). The Labute approximate surface area is 136 Å². The third-order valence-corrected chi connectivity index (χ3v) is 4.66. The molecule has 4 atom stereocenters. The molecular weight excluding hydrogens is 270 g/mol. The van der Waals surface area contributed by atoms with Crippen LogP contribution in [0.3, 0.4) is 0 Å². The van der Waals surface area contributed by atoms with Gasteiger partial charge in [0.25, 0.3) is 0 Å². The van der Waals surface area contributed by atoms with E-state index in [9.17, 15) is 0 Å². The van der Waals surface area contributed by atoms with Gasteiger partial charge < -0.3 is 9.64 Å². The largest absolute Gasteiger partial charge is 0.364 e. The molecule has 0 amide bonds. The van der Waals surface area contributed by atoms with Crippen LogP contribution in [0.1, 0.15) is 52.7 Å². The van der Waals surface area contributed by atoms with Crippen LogP contribution >= 0.6 is 0 Å². The van der Waals surface area contributed by atoms with Crippen LogP contribution in [0.2, 0.25) is 0 Å². The van der Waals surface area contributed by atoms with E-state index in [0.717, 1.165) is 13.1 Å². The first-order valence-corrected chi connectivity index (χ1v) is 8.82. The van der Waals surface area contributed by atoms with Crippen molar-refractivity contribution < 1.29 is 9.64 Å². The standard InChI is InChI=1S/C20H33NO/c1-15(12-21-13-16(2)22-17(3)14-21)11-18-7-9-19(10-8-18)20(4,5)6/h7-10,15-17H,11-14H2,1-6H3/p+1/t15?,16-,17+.